The Morgan fingerprint density at radius 1 is 0.489 bits per heavy atom. The highest BCUT2D eigenvalue weighted by Crippen LogP contribution is 2.24. The van der Waals surface area contributed by atoms with E-state index >= 15 is 0 Å². The topological polar surface area (TPSA) is 126 Å². The number of rotatable bonds is 15. The minimum absolute atomic E-state index is 0.0968. The molecule has 0 saturated carbocycles. The molecule has 0 bridgehead atoms. The Morgan fingerprint density at radius 2 is 0.733 bits per heavy atom. The van der Waals surface area contributed by atoms with Gasteiger partial charge >= 0.3 is 0 Å². The molecule has 0 aliphatic rings. The first-order chi connectivity index (χ1) is 21.8. The molecular weight excluding hydrogens is 625 g/mol. The third-order valence-corrected chi connectivity index (χ3v) is 9.14. The van der Waals surface area contributed by atoms with Crippen LogP contribution < -0.4 is 16.0 Å². The number of nitrogens with zero attached hydrogens (tertiary/aromatic N) is 3. The monoisotopic (exact) mass is 660 g/mol. The first-order valence-corrected chi connectivity index (χ1v) is 17.4. The molecule has 0 radical (unpaired) electrons. The van der Waals surface area contributed by atoms with Crippen LogP contribution in [0.3, 0.4) is 0 Å². The van der Waals surface area contributed by atoms with E-state index in [1.54, 1.807) is 0 Å². The maximum absolute atomic E-state index is 12.7. The van der Waals surface area contributed by atoms with E-state index in [4.69, 9.17) is 0 Å². The fourth-order valence-electron chi connectivity index (χ4n) is 4.23. The van der Waals surface area contributed by atoms with Gasteiger partial charge in [0.25, 0.3) is 0 Å². The van der Waals surface area contributed by atoms with Gasteiger partial charge in [0.15, 0.2) is 15.5 Å². The van der Waals surface area contributed by atoms with Gasteiger partial charge in [0, 0.05) is 0 Å². The summed E-state index contributed by atoms with van der Waals surface area (Å²) in [6, 6.07) is 28.7. The van der Waals surface area contributed by atoms with Crippen LogP contribution in [0.25, 0.3) is 0 Å². The molecule has 0 spiro atoms. The second kappa shape index (κ2) is 17.6. The number of hydrogen-bond donors (Lipinski definition) is 3. The number of nitrogens with one attached hydrogen (secondary N) is 3. The molecule has 3 amide bonds. The Bertz CT molecular complexity index is 1350. The minimum Gasteiger partial charge on any atom is -0.349 e. The van der Waals surface area contributed by atoms with E-state index in [0.29, 0.717) is 15.5 Å². The quantitative estimate of drug-likeness (QED) is 0.136. The van der Waals surface area contributed by atoms with Crippen LogP contribution in [0.5, 0.6) is 0 Å². The maximum atomic E-state index is 12.7. The van der Waals surface area contributed by atoms with Crippen LogP contribution in [-0.4, -0.2) is 49.9 Å². The highest BCUT2D eigenvalue weighted by molar-refractivity contribution is 8.01. The van der Waals surface area contributed by atoms with Crippen LogP contribution in [-0.2, 0) is 14.4 Å². The lowest BCUT2D eigenvalue weighted by Gasteiger charge is -2.15. The van der Waals surface area contributed by atoms with Crippen LogP contribution in [0.1, 0.15) is 55.6 Å². The van der Waals surface area contributed by atoms with Crippen molar-refractivity contribution in [1.29, 1.82) is 0 Å². The lowest BCUT2D eigenvalue weighted by molar-refractivity contribution is -0.120. The molecule has 3 N–H and O–H groups in total. The predicted molar refractivity (Wildman–Crippen MR) is 181 cm³/mol. The summed E-state index contributed by atoms with van der Waals surface area (Å²) in [5.41, 5.74) is 3.02. The zero-order valence-electron chi connectivity index (χ0n) is 25.3. The fourth-order valence-corrected chi connectivity index (χ4v) is 6.34. The number of aromatic nitrogens is 3. The molecule has 0 saturated heterocycles. The number of amides is 3. The van der Waals surface area contributed by atoms with Gasteiger partial charge in [-0.1, -0.05) is 126 Å². The van der Waals surface area contributed by atoms with Crippen LogP contribution in [0.4, 0.5) is 0 Å². The molecule has 45 heavy (non-hydrogen) atoms. The van der Waals surface area contributed by atoms with E-state index in [1.807, 2.05) is 112 Å². The van der Waals surface area contributed by atoms with Crippen LogP contribution in [0.2, 0.25) is 0 Å². The molecule has 0 fully saturated rings. The zero-order valence-corrected chi connectivity index (χ0v) is 27.8. The van der Waals surface area contributed by atoms with E-state index in [2.05, 4.69) is 30.9 Å². The molecule has 9 nitrogen and oxygen atoms in total. The van der Waals surface area contributed by atoms with Crippen molar-refractivity contribution in [3.8, 4) is 0 Å². The largest absolute Gasteiger partial charge is 0.349 e. The first-order valence-electron chi connectivity index (χ1n) is 14.4. The Morgan fingerprint density at radius 3 is 0.978 bits per heavy atom. The average Bonchev–Trinajstić information content (AvgIpc) is 3.06. The lowest BCUT2D eigenvalue weighted by atomic mass is 10.1. The predicted octanol–water partition coefficient (Wildman–Crippen LogP) is 5.78. The third kappa shape index (κ3) is 11.5. The summed E-state index contributed by atoms with van der Waals surface area (Å²) in [5.74, 6) is -0.199. The van der Waals surface area contributed by atoms with Gasteiger partial charge in [-0.15, -0.1) is 0 Å². The SMILES string of the molecule is CC(NC(=O)CSc1nc(SCC(=O)NC(C)c2ccccc2)nc(SCC(=O)NC(C)c2ccccc2)n1)c1ccccc1. The lowest BCUT2D eigenvalue weighted by Crippen LogP contribution is -2.28. The molecule has 4 aromatic rings. The van der Waals surface area contributed by atoms with Gasteiger partial charge in [-0.05, 0) is 37.5 Å². The zero-order chi connectivity index (χ0) is 32.0. The fraction of sp³-hybridized carbons (Fsp3) is 0.273. The molecule has 3 unspecified atom stereocenters. The van der Waals surface area contributed by atoms with Gasteiger partial charge in [-0.2, -0.15) is 15.0 Å². The highest BCUT2D eigenvalue weighted by Gasteiger charge is 2.17. The van der Waals surface area contributed by atoms with Gasteiger partial charge in [-0.25, -0.2) is 0 Å². The van der Waals surface area contributed by atoms with Gasteiger partial charge in [0.2, 0.25) is 17.7 Å². The standard InChI is InChI=1S/C33H36N6O3S3/c1-22(25-13-7-4-8-14-25)34-28(40)19-43-31-37-32(44-20-29(41)35-23(2)26-15-9-5-10-16-26)39-33(38-31)45-21-30(42)36-24(3)27-17-11-6-12-18-27/h4-18,22-24H,19-21H2,1-3H3,(H,34,40)(H,35,41)(H,36,42). The minimum atomic E-state index is -0.163. The normalized spacial score (nSPS) is 12.9. The van der Waals surface area contributed by atoms with Gasteiger partial charge < -0.3 is 16.0 Å². The second-order valence-electron chi connectivity index (χ2n) is 10.1. The molecular formula is C33H36N6O3S3. The summed E-state index contributed by atoms with van der Waals surface area (Å²) in [7, 11) is 0. The second-order valence-corrected chi connectivity index (χ2v) is 13.0. The van der Waals surface area contributed by atoms with Crippen molar-refractivity contribution in [2.75, 3.05) is 17.3 Å². The van der Waals surface area contributed by atoms with Crippen molar-refractivity contribution in [3.63, 3.8) is 0 Å². The van der Waals surface area contributed by atoms with Gasteiger partial charge in [0.1, 0.15) is 0 Å². The van der Waals surface area contributed by atoms with Crippen molar-refractivity contribution in [2.24, 2.45) is 0 Å². The summed E-state index contributed by atoms with van der Waals surface area (Å²) in [6.45, 7) is 5.78. The Balaban J connectivity index is 1.38. The van der Waals surface area contributed by atoms with E-state index in [1.165, 1.54) is 35.3 Å². The molecule has 0 aliphatic carbocycles. The molecule has 234 valence electrons. The van der Waals surface area contributed by atoms with Crippen molar-refractivity contribution in [3.05, 3.63) is 108 Å². The molecule has 3 aromatic carbocycles. The van der Waals surface area contributed by atoms with Crippen molar-refractivity contribution in [1.82, 2.24) is 30.9 Å². The summed E-state index contributed by atoms with van der Waals surface area (Å²) in [5, 5.41) is 10.00. The summed E-state index contributed by atoms with van der Waals surface area (Å²) in [4.78, 5) is 51.7. The number of thioether (sulfide) groups is 3. The Hall–Kier alpha value is -3.87. The average molecular weight is 661 g/mol. The Labute approximate surface area is 276 Å². The van der Waals surface area contributed by atoms with Gasteiger partial charge in [-0.3, -0.25) is 14.4 Å². The van der Waals surface area contributed by atoms with E-state index in [0.717, 1.165) is 16.7 Å². The van der Waals surface area contributed by atoms with Crippen LogP contribution >= 0.6 is 35.3 Å². The van der Waals surface area contributed by atoms with Gasteiger partial charge in [0.05, 0.1) is 35.4 Å². The molecule has 4 rings (SSSR count). The van der Waals surface area contributed by atoms with Crippen molar-refractivity contribution in [2.45, 2.75) is 54.4 Å². The number of carbonyl (C=O) groups excluding carboxylic acids is 3. The number of hydrogen-bond acceptors (Lipinski definition) is 9. The molecule has 1 heterocycles. The van der Waals surface area contributed by atoms with Crippen molar-refractivity contribution < 1.29 is 14.4 Å². The van der Waals surface area contributed by atoms with E-state index in [9.17, 15) is 14.4 Å². The first kappa shape index (κ1) is 34.0. The number of carbonyl (C=O) groups is 3. The Kier molecular flexibility index (Phi) is 13.3. The molecule has 1 aromatic heterocycles. The summed E-state index contributed by atoms with van der Waals surface area (Å²) >= 11 is 3.53. The third-order valence-electron chi connectivity index (χ3n) is 6.60. The number of benzene rings is 3. The van der Waals surface area contributed by atoms with Crippen LogP contribution in [0.15, 0.2) is 106 Å². The van der Waals surface area contributed by atoms with E-state index in [-0.39, 0.29) is 53.1 Å². The van der Waals surface area contributed by atoms with Crippen LogP contribution in [0, 0.1) is 0 Å². The highest BCUT2D eigenvalue weighted by atomic mass is 32.2. The maximum Gasteiger partial charge on any atom is 0.230 e. The molecule has 0 aliphatic heterocycles. The summed E-state index contributed by atoms with van der Waals surface area (Å²) in [6.07, 6.45) is 0. The molecule has 12 heteroatoms. The van der Waals surface area contributed by atoms with E-state index < -0.39 is 0 Å². The summed E-state index contributed by atoms with van der Waals surface area (Å²) < 4.78 is 0. The molecule has 3 atom stereocenters. The smallest absolute Gasteiger partial charge is 0.230 e. The van der Waals surface area contributed by atoms with Crippen molar-refractivity contribution >= 4 is 53.0 Å².